The third-order valence-electron chi connectivity index (χ3n) is 2.89. The van der Waals surface area contributed by atoms with E-state index in [1.807, 2.05) is 0 Å². The van der Waals surface area contributed by atoms with E-state index in [9.17, 15) is 4.79 Å². The molecular weight excluding hydrogens is 254 g/mol. The van der Waals surface area contributed by atoms with E-state index >= 15 is 0 Å². The minimum Gasteiger partial charge on any atom is -0.468 e. The number of hydrogen-bond donors (Lipinski definition) is 1. The van der Waals surface area contributed by atoms with E-state index < -0.39 is 30.2 Å². The molecule has 1 rings (SSSR count). The Kier molecular flexibility index (Phi) is 6.15. The fraction of sp³-hybridized carbons (Fsp3) is 0.917. The normalized spacial score (nSPS) is 23.6. The zero-order valence-electron chi connectivity index (χ0n) is 12.1. The van der Waals surface area contributed by atoms with Crippen molar-refractivity contribution < 1.29 is 28.5 Å². The molecule has 2 atom stereocenters. The fourth-order valence-corrected chi connectivity index (χ4v) is 1.86. The summed E-state index contributed by atoms with van der Waals surface area (Å²) in [4.78, 5) is 11.8. The van der Waals surface area contributed by atoms with Gasteiger partial charge in [0.1, 0.15) is 12.1 Å². The molecule has 1 fully saturated rings. The molecule has 0 unspecified atom stereocenters. The Hall–Kier alpha value is -0.730. The zero-order valence-corrected chi connectivity index (χ0v) is 12.1. The van der Waals surface area contributed by atoms with Crippen LogP contribution < -0.4 is 5.32 Å². The van der Waals surface area contributed by atoms with Crippen LogP contribution in [0, 0.1) is 0 Å². The molecule has 0 aromatic carbocycles. The highest BCUT2D eigenvalue weighted by molar-refractivity contribution is 5.76. The number of esters is 1. The number of rotatable bonds is 7. The van der Waals surface area contributed by atoms with Gasteiger partial charge in [-0.3, -0.25) is 10.1 Å². The number of hydrogen-bond acceptors (Lipinski definition) is 7. The average molecular weight is 277 g/mol. The van der Waals surface area contributed by atoms with Gasteiger partial charge in [-0.2, -0.15) is 0 Å². The van der Waals surface area contributed by atoms with Gasteiger partial charge in [-0.05, 0) is 13.8 Å². The molecule has 112 valence electrons. The van der Waals surface area contributed by atoms with Crippen LogP contribution >= 0.6 is 0 Å². The Balaban J connectivity index is 2.60. The molecule has 0 spiro atoms. The first kappa shape index (κ1) is 16.3. The van der Waals surface area contributed by atoms with Gasteiger partial charge >= 0.3 is 5.97 Å². The maximum absolute atomic E-state index is 11.8. The molecule has 1 aliphatic heterocycles. The Morgan fingerprint density at radius 3 is 2.42 bits per heavy atom. The summed E-state index contributed by atoms with van der Waals surface area (Å²) < 4.78 is 26.0. The quantitative estimate of drug-likeness (QED) is 0.514. The van der Waals surface area contributed by atoms with Crippen molar-refractivity contribution in [2.45, 2.75) is 38.1 Å². The van der Waals surface area contributed by atoms with Crippen LogP contribution in [0.4, 0.5) is 0 Å². The largest absolute Gasteiger partial charge is 0.468 e. The third kappa shape index (κ3) is 4.70. The molecular formula is C12H23NO6. The number of ether oxygens (including phenoxy) is 5. The highest BCUT2D eigenvalue weighted by Crippen LogP contribution is 2.24. The molecule has 7 nitrogen and oxygen atoms in total. The highest BCUT2D eigenvalue weighted by Gasteiger charge is 2.41. The molecule has 1 heterocycles. The van der Waals surface area contributed by atoms with Crippen LogP contribution in [0.2, 0.25) is 0 Å². The van der Waals surface area contributed by atoms with Crippen LogP contribution in [0.15, 0.2) is 0 Å². The zero-order chi connectivity index (χ0) is 14.5. The van der Waals surface area contributed by atoms with E-state index in [0.717, 1.165) is 0 Å². The first-order valence-corrected chi connectivity index (χ1v) is 6.12. The lowest BCUT2D eigenvalue weighted by Gasteiger charge is -2.24. The summed E-state index contributed by atoms with van der Waals surface area (Å²) in [5.41, 5.74) is 0. The molecule has 0 aromatic heterocycles. The van der Waals surface area contributed by atoms with Crippen molar-refractivity contribution in [3.05, 3.63) is 0 Å². The second kappa shape index (κ2) is 7.16. The van der Waals surface area contributed by atoms with E-state index in [1.165, 1.54) is 21.3 Å². The first-order chi connectivity index (χ1) is 8.93. The van der Waals surface area contributed by atoms with Crippen LogP contribution in [0.1, 0.15) is 13.8 Å². The van der Waals surface area contributed by atoms with Crippen molar-refractivity contribution in [3.63, 3.8) is 0 Å². The molecule has 0 amide bonds. The molecule has 1 saturated heterocycles. The minimum absolute atomic E-state index is 0.324. The van der Waals surface area contributed by atoms with E-state index in [4.69, 9.17) is 23.7 Å². The maximum atomic E-state index is 11.8. The Morgan fingerprint density at radius 2 is 2.00 bits per heavy atom. The lowest BCUT2D eigenvalue weighted by atomic mass is 10.1. The van der Waals surface area contributed by atoms with Gasteiger partial charge in [0.25, 0.3) is 0 Å². The standard InChI is InChI=1S/C12H23NO6/c1-12(2)18-7-8(19-12)10(11(14)17-5)13-6-9(15-3)16-4/h8-10,13H,6-7H2,1-5H3/t8-,10+/m0/s1. The number of carbonyl (C=O) groups is 1. The number of methoxy groups -OCH3 is 3. The molecule has 7 heteroatoms. The van der Waals surface area contributed by atoms with Gasteiger partial charge in [0.05, 0.1) is 13.7 Å². The molecule has 0 bridgehead atoms. The lowest BCUT2D eigenvalue weighted by Crippen LogP contribution is -2.50. The van der Waals surface area contributed by atoms with Crippen LogP contribution in [0.3, 0.4) is 0 Å². The molecule has 0 saturated carbocycles. The predicted octanol–water partition coefficient (Wildman–Crippen LogP) is -0.112. The first-order valence-electron chi connectivity index (χ1n) is 6.12. The van der Waals surface area contributed by atoms with Crippen molar-refractivity contribution in [1.82, 2.24) is 5.32 Å². The molecule has 0 aliphatic carbocycles. The van der Waals surface area contributed by atoms with Crippen molar-refractivity contribution in [2.24, 2.45) is 0 Å². The van der Waals surface area contributed by atoms with E-state index in [1.54, 1.807) is 13.8 Å². The summed E-state index contributed by atoms with van der Waals surface area (Å²) >= 11 is 0. The topological polar surface area (TPSA) is 75.3 Å². The van der Waals surface area contributed by atoms with Crippen LogP contribution in [0.25, 0.3) is 0 Å². The van der Waals surface area contributed by atoms with Gasteiger partial charge in [-0.25, -0.2) is 0 Å². The third-order valence-corrected chi connectivity index (χ3v) is 2.89. The number of nitrogens with one attached hydrogen (secondary N) is 1. The second-order valence-corrected chi connectivity index (χ2v) is 4.68. The average Bonchev–Trinajstić information content (AvgIpc) is 2.74. The fourth-order valence-electron chi connectivity index (χ4n) is 1.86. The second-order valence-electron chi connectivity index (χ2n) is 4.68. The van der Waals surface area contributed by atoms with E-state index in [-0.39, 0.29) is 0 Å². The smallest absolute Gasteiger partial charge is 0.325 e. The Bertz CT molecular complexity index is 292. The maximum Gasteiger partial charge on any atom is 0.325 e. The summed E-state index contributed by atoms with van der Waals surface area (Å²) in [6.45, 7) is 4.26. The molecule has 19 heavy (non-hydrogen) atoms. The monoisotopic (exact) mass is 277 g/mol. The SMILES string of the molecule is COC(=O)[C@H](NCC(OC)OC)[C@@H]1COC(C)(C)O1. The van der Waals surface area contributed by atoms with E-state index in [0.29, 0.717) is 13.2 Å². The summed E-state index contributed by atoms with van der Waals surface area (Å²) in [5.74, 6) is -1.10. The van der Waals surface area contributed by atoms with Gasteiger partial charge in [-0.15, -0.1) is 0 Å². The van der Waals surface area contributed by atoms with Gasteiger partial charge in [0.2, 0.25) is 0 Å². The number of carbonyl (C=O) groups excluding carboxylic acids is 1. The summed E-state index contributed by atoms with van der Waals surface area (Å²) in [6.07, 6.45) is -0.848. The summed E-state index contributed by atoms with van der Waals surface area (Å²) in [7, 11) is 4.39. The minimum atomic E-state index is -0.694. The molecule has 0 radical (unpaired) electrons. The molecule has 1 N–H and O–H groups in total. The van der Waals surface area contributed by atoms with E-state index in [2.05, 4.69) is 5.32 Å². The summed E-state index contributed by atoms with van der Waals surface area (Å²) in [5, 5.41) is 3.02. The summed E-state index contributed by atoms with van der Waals surface area (Å²) in [6, 6.07) is -0.625. The molecule has 1 aliphatic rings. The van der Waals surface area contributed by atoms with Gasteiger partial charge in [-0.1, -0.05) is 0 Å². The predicted molar refractivity (Wildman–Crippen MR) is 66.5 cm³/mol. The van der Waals surface area contributed by atoms with Crippen molar-refractivity contribution in [3.8, 4) is 0 Å². The highest BCUT2D eigenvalue weighted by atomic mass is 16.7. The van der Waals surface area contributed by atoms with Crippen molar-refractivity contribution in [1.29, 1.82) is 0 Å². The van der Waals surface area contributed by atoms with Crippen LogP contribution in [-0.4, -0.2) is 64.7 Å². The lowest BCUT2D eigenvalue weighted by molar-refractivity contribution is -0.158. The van der Waals surface area contributed by atoms with Gasteiger partial charge in [0, 0.05) is 20.8 Å². The van der Waals surface area contributed by atoms with Crippen LogP contribution in [0.5, 0.6) is 0 Å². The van der Waals surface area contributed by atoms with Crippen LogP contribution in [-0.2, 0) is 28.5 Å². The van der Waals surface area contributed by atoms with Gasteiger partial charge in [0.15, 0.2) is 12.1 Å². The van der Waals surface area contributed by atoms with Gasteiger partial charge < -0.3 is 23.7 Å². The van der Waals surface area contributed by atoms with Crippen molar-refractivity contribution in [2.75, 3.05) is 34.5 Å². The Morgan fingerprint density at radius 1 is 1.37 bits per heavy atom. The van der Waals surface area contributed by atoms with Crippen molar-refractivity contribution >= 4 is 5.97 Å². The molecule has 0 aromatic rings. The Labute approximate surface area is 113 Å².